The fraction of sp³-hybridized carbons (Fsp3) is 0.684. The summed E-state index contributed by atoms with van der Waals surface area (Å²) >= 11 is 0. The lowest BCUT2D eigenvalue weighted by Gasteiger charge is -2.37. The zero-order valence-corrected chi connectivity index (χ0v) is 13.9. The molecule has 0 saturated carbocycles. The Bertz CT molecular complexity index is 561. The van der Waals surface area contributed by atoms with Crippen LogP contribution < -0.4 is 0 Å². The highest BCUT2D eigenvalue weighted by Crippen LogP contribution is 2.36. The number of fused-ring (bicyclic) bond motifs is 3. The zero-order chi connectivity index (χ0) is 15.2. The van der Waals surface area contributed by atoms with Crippen molar-refractivity contribution in [1.82, 2.24) is 14.7 Å². The van der Waals surface area contributed by atoms with Gasteiger partial charge in [-0.05, 0) is 50.6 Å². The first-order chi connectivity index (χ1) is 11.4. The predicted molar refractivity (Wildman–Crippen MR) is 90.4 cm³/mol. The molecule has 5 rings (SSSR count). The topological polar surface area (TPSA) is 19.0 Å². The number of hydrogen-bond donors (Lipinski definition) is 0. The van der Waals surface area contributed by atoms with Crippen LogP contribution >= 0.6 is 0 Å². The summed E-state index contributed by atoms with van der Waals surface area (Å²) in [5, 5.41) is 0. The number of allylic oxidation sites excluding steroid dienone is 1. The Labute approximate surface area is 139 Å². The monoisotopic (exact) mass is 313 g/mol. The summed E-state index contributed by atoms with van der Waals surface area (Å²) in [6, 6.07) is 0.629. The summed E-state index contributed by atoms with van der Waals surface area (Å²) in [6.45, 7) is 7.00. The molecular formula is C19H27N3O. The van der Waals surface area contributed by atoms with Crippen molar-refractivity contribution in [2.24, 2.45) is 5.92 Å². The lowest BCUT2D eigenvalue weighted by Crippen LogP contribution is -2.43. The van der Waals surface area contributed by atoms with E-state index in [4.69, 9.17) is 4.74 Å². The van der Waals surface area contributed by atoms with Crippen LogP contribution in [0.3, 0.4) is 0 Å². The average molecular weight is 313 g/mol. The van der Waals surface area contributed by atoms with Crippen LogP contribution in [0.1, 0.15) is 32.1 Å². The summed E-state index contributed by atoms with van der Waals surface area (Å²) < 4.78 is 6.05. The first-order valence-electron chi connectivity index (χ1n) is 9.38. The highest BCUT2D eigenvalue weighted by atomic mass is 16.5. The molecule has 5 aliphatic rings. The summed E-state index contributed by atoms with van der Waals surface area (Å²) in [5.41, 5.74) is 2.75. The normalized spacial score (nSPS) is 36.2. The van der Waals surface area contributed by atoms with E-state index in [1.54, 1.807) is 0 Å². The van der Waals surface area contributed by atoms with Gasteiger partial charge >= 0.3 is 0 Å². The molecule has 5 heterocycles. The SMILES string of the molecule is C1=CN([C@@H]2C[C@H]3CCN(C3)C2)C=C2OCC(N3CCCCC3)=C12. The number of nitrogens with zero attached hydrogens (tertiary/aromatic N) is 3. The van der Waals surface area contributed by atoms with Gasteiger partial charge in [0.25, 0.3) is 0 Å². The van der Waals surface area contributed by atoms with Gasteiger partial charge in [0.2, 0.25) is 0 Å². The maximum absolute atomic E-state index is 6.05. The second kappa shape index (κ2) is 5.59. The van der Waals surface area contributed by atoms with Gasteiger partial charge in [-0.1, -0.05) is 0 Å². The summed E-state index contributed by atoms with van der Waals surface area (Å²) in [6.07, 6.45) is 13.6. The van der Waals surface area contributed by atoms with Gasteiger partial charge < -0.3 is 19.4 Å². The third kappa shape index (κ3) is 2.47. The molecule has 3 saturated heterocycles. The van der Waals surface area contributed by atoms with Gasteiger partial charge in [-0.3, -0.25) is 0 Å². The number of likely N-dealkylation sites (tertiary alicyclic amines) is 1. The van der Waals surface area contributed by atoms with E-state index >= 15 is 0 Å². The lowest BCUT2D eigenvalue weighted by atomic mass is 9.95. The van der Waals surface area contributed by atoms with E-state index < -0.39 is 0 Å². The van der Waals surface area contributed by atoms with Crippen LogP contribution in [0.5, 0.6) is 0 Å². The van der Waals surface area contributed by atoms with Crippen molar-refractivity contribution in [3.63, 3.8) is 0 Å². The van der Waals surface area contributed by atoms with Gasteiger partial charge in [0.15, 0.2) is 0 Å². The van der Waals surface area contributed by atoms with E-state index in [9.17, 15) is 0 Å². The molecule has 1 unspecified atom stereocenters. The largest absolute Gasteiger partial charge is 0.485 e. The Balaban J connectivity index is 1.35. The molecule has 4 nitrogen and oxygen atoms in total. The van der Waals surface area contributed by atoms with Crippen LogP contribution in [0.4, 0.5) is 0 Å². The Morgan fingerprint density at radius 2 is 1.96 bits per heavy atom. The van der Waals surface area contributed by atoms with Gasteiger partial charge in [0.1, 0.15) is 12.4 Å². The minimum atomic E-state index is 0.629. The quantitative estimate of drug-likeness (QED) is 0.780. The number of ether oxygens (including phenoxy) is 1. The highest BCUT2D eigenvalue weighted by molar-refractivity contribution is 5.46. The van der Waals surface area contributed by atoms with Gasteiger partial charge in [-0.25, -0.2) is 0 Å². The first kappa shape index (κ1) is 14.0. The van der Waals surface area contributed by atoms with E-state index in [-0.39, 0.29) is 0 Å². The minimum Gasteiger partial charge on any atom is -0.485 e. The molecule has 124 valence electrons. The van der Waals surface area contributed by atoms with Crippen LogP contribution in [0.25, 0.3) is 0 Å². The summed E-state index contributed by atoms with van der Waals surface area (Å²) in [4.78, 5) is 7.60. The molecule has 5 aliphatic heterocycles. The fourth-order valence-electron chi connectivity index (χ4n) is 4.97. The smallest absolute Gasteiger partial charge is 0.145 e. The van der Waals surface area contributed by atoms with Crippen LogP contribution in [0.15, 0.2) is 35.5 Å². The molecule has 0 aromatic heterocycles. The van der Waals surface area contributed by atoms with Gasteiger partial charge in [0.05, 0.1) is 5.70 Å². The number of hydrogen-bond acceptors (Lipinski definition) is 4. The summed E-state index contributed by atoms with van der Waals surface area (Å²) in [5.74, 6) is 2.01. The van der Waals surface area contributed by atoms with Gasteiger partial charge in [-0.2, -0.15) is 0 Å². The van der Waals surface area contributed by atoms with Crippen LogP contribution in [-0.4, -0.2) is 60.1 Å². The van der Waals surface area contributed by atoms with Gasteiger partial charge in [0, 0.05) is 50.2 Å². The predicted octanol–water partition coefficient (Wildman–Crippen LogP) is 2.52. The molecule has 2 bridgehead atoms. The number of rotatable bonds is 2. The third-order valence-electron chi connectivity index (χ3n) is 6.22. The molecule has 0 amide bonds. The van der Waals surface area contributed by atoms with E-state index in [0.29, 0.717) is 6.04 Å². The van der Waals surface area contributed by atoms with Crippen molar-refractivity contribution in [3.8, 4) is 0 Å². The lowest BCUT2D eigenvalue weighted by molar-refractivity contribution is 0.165. The third-order valence-corrected chi connectivity index (χ3v) is 6.22. The molecule has 0 spiro atoms. The van der Waals surface area contributed by atoms with E-state index in [2.05, 4.69) is 33.2 Å². The molecule has 0 aromatic carbocycles. The fourth-order valence-corrected chi connectivity index (χ4v) is 4.97. The standard InChI is InChI=1S/C19H27N3O/c1-2-6-21(7-3-1)18-14-23-19-13-22(9-5-17(18)19)16-10-15-4-8-20(11-15)12-16/h5,9,13,15-16H,1-4,6-8,10-12,14H2/t15-,16-/m1/s1. The maximum atomic E-state index is 6.05. The van der Waals surface area contributed by atoms with Crippen molar-refractivity contribution in [3.05, 3.63) is 35.5 Å². The Hall–Kier alpha value is -1.42. The van der Waals surface area contributed by atoms with Crippen molar-refractivity contribution >= 4 is 0 Å². The second-order valence-electron chi connectivity index (χ2n) is 7.76. The minimum absolute atomic E-state index is 0.629. The van der Waals surface area contributed by atoms with Crippen molar-refractivity contribution < 1.29 is 4.74 Å². The molecule has 0 N–H and O–H groups in total. The van der Waals surface area contributed by atoms with Crippen molar-refractivity contribution in [2.75, 3.05) is 39.3 Å². The van der Waals surface area contributed by atoms with E-state index in [1.165, 1.54) is 76.1 Å². The average Bonchev–Trinajstić information content (AvgIpc) is 3.18. The van der Waals surface area contributed by atoms with E-state index in [0.717, 1.165) is 18.3 Å². The van der Waals surface area contributed by atoms with E-state index in [1.807, 2.05) is 0 Å². The molecule has 3 fully saturated rings. The molecule has 0 radical (unpaired) electrons. The second-order valence-corrected chi connectivity index (χ2v) is 7.76. The van der Waals surface area contributed by atoms with Crippen LogP contribution in [0, 0.1) is 5.92 Å². The van der Waals surface area contributed by atoms with Crippen LogP contribution in [0.2, 0.25) is 0 Å². The molecular weight excluding hydrogens is 286 g/mol. The molecule has 0 aromatic rings. The Kier molecular flexibility index (Phi) is 3.39. The van der Waals surface area contributed by atoms with Crippen LogP contribution in [-0.2, 0) is 4.74 Å². The highest BCUT2D eigenvalue weighted by Gasteiger charge is 2.35. The molecule has 23 heavy (non-hydrogen) atoms. The summed E-state index contributed by atoms with van der Waals surface area (Å²) in [7, 11) is 0. The van der Waals surface area contributed by atoms with Crippen molar-refractivity contribution in [2.45, 2.75) is 38.1 Å². The molecule has 4 heteroatoms. The Morgan fingerprint density at radius 1 is 1.04 bits per heavy atom. The molecule has 3 atom stereocenters. The Morgan fingerprint density at radius 3 is 2.83 bits per heavy atom. The number of piperidine rings is 2. The molecule has 0 aliphatic carbocycles. The maximum Gasteiger partial charge on any atom is 0.145 e. The van der Waals surface area contributed by atoms with Gasteiger partial charge in [-0.15, -0.1) is 0 Å². The van der Waals surface area contributed by atoms with Crippen molar-refractivity contribution in [1.29, 1.82) is 0 Å². The zero-order valence-electron chi connectivity index (χ0n) is 13.9. The first-order valence-corrected chi connectivity index (χ1v) is 9.38.